The fourth-order valence-corrected chi connectivity index (χ4v) is 2.09. The van der Waals surface area contributed by atoms with Crippen LogP contribution in [0.4, 0.5) is 4.39 Å². The molecule has 19 heavy (non-hydrogen) atoms. The highest BCUT2D eigenvalue weighted by molar-refractivity contribution is 9.10. The number of hydrogen-bond acceptors (Lipinski definition) is 3. The van der Waals surface area contributed by atoms with Crippen molar-refractivity contribution < 1.29 is 14.2 Å². The number of aromatic nitrogens is 1. The summed E-state index contributed by atoms with van der Waals surface area (Å²) in [6.07, 6.45) is 2.59. The highest BCUT2D eigenvalue weighted by Gasteiger charge is 2.10. The molecule has 1 heterocycles. The Balaban J connectivity index is 2.15. The maximum atomic E-state index is 13.1. The smallest absolute Gasteiger partial charge is 0.125 e. The largest absolute Gasteiger partial charge is 0.488 e. The number of nitrogens with zero attached hydrogens (tertiary/aromatic N) is 1. The first kappa shape index (κ1) is 14.0. The van der Waals surface area contributed by atoms with E-state index < -0.39 is 11.9 Å². The summed E-state index contributed by atoms with van der Waals surface area (Å²) in [6.45, 7) is 1.88. The number of hydrogen-bond donors (Lipinski definition) is 1. The van der Waals surface area contributed by atoms with Crippen molar-refractivity contribution in [2.24, 2.45) is 0 Å². The Morgan fingerprint density at radius 1 is 1.37 bits per heavy atom. The lowest BCUT2D eigenvalue weighted by atomic mass is 10.1. The maximum absolute atomic E-state index is 13.1. The number of halogens is 2. The molecule has 0 amide bonds. The van der Waals surface area contributed by atoms with Crippen LogP contribution in [0.5, 0.6) is 5.75 Å². The molecule has 0 aliphatic rings. The number of aliphatic hydroxyl groups excluding tert-OH is 1. The van der Waals surface area contributed by atoms with Crippen molar-refractivity contribution in [2.45, 2.75) is 19.6 Å². The molecule has 0 saturated carbocycles. The molecule has 2 rings (SSSR count). The summed E-state index contributed by atoms with van der Waals surface area (Å²) in [4.78, 5) is 4.03. The lowest BCUT2D eigenvalue weighted by Crippen LogP contribution is -2.02. The van der Waals surface area contributed by atoms with E-state index in [1.54, 1.807) is 19.3 Å². The fourth-order valence-electron chi connectivity index (χ4n) is 1.67. The van der Waals surface area contributed by atoms with Gasteiger partial charge in [0.2, 0.25) is 0 Å². The van der Waals surface area contributed by atoms with E-state index in [-0.39, 0.29) is 0 Å². The van der Waals surface area contributed by atoms with E-state index in [2.05, 4.69) is 20.9 Å². The molecule has 1 aromatic carbocycles. The van der Waals surface area contributed by atoms with Gasteiger partial charge in [-0.05, 0) is 47.1 Å². The first-order valence-electron chi connectivity index (χ1n) is 5.76. The Labute approximate surface area is 119 Å². The third kappa shape index (κ3) is 3.75. The van der Waals surface area contributed by atoms with E-state index >= 15 is 0 Å². The maximum Gasteiger partial charge on any atom is 0.125 e. The topological polar surface area (TPSA) is 42.4 Å². The van der Waals surface area contributed by atoms with E-state index in [9.17, 15) is 9.50 Å². The first-order chi connectivity index (χ1) is 9.06. The second-order valence-corrected chi connectivity index (χ2v) is 5.07. The van der Waals surface area contributed by atoms with Gasteiger partial charge in [0.1, 0.15) is 18.2 Å². The van der Waals surface area contributed by atoms with Crippen molar-refractivity contribution in [3.05, 3.63) is 58.1 Å². The summed E-state index contributed by atoms with van der Waals surface area (Å²) in [7, 11) is 0. The van der Waals surface area contributed by atoms with E-state index in [0.29, 0.717) is 17.9 Å². The number of pyridine rings is 1. The summed E-state index contributed by atoms with van der Waals surface area (Å²) in [5.74, 6) is 0.0729. The molecule has 0 unspecified atom stereocenters. The molecule has 0 fully saturated rings. The molecule has 5 heteroatoms. The van der Waals surface area contributed by atoms with Crippen LogP contribution in [0.3, 0.4) is 0 Å². The van der Waals surface area contributed by atoms with Crippen molar-refractivity contribution in [1.82, 2.24) is 4.98 Å². The summed E-state index contributed by atoms with van der Waals surface area (Å²) < 4.78 is 19.6. The second kappa shape index (κ2) is 6.12. The van der Waals surface area contributed by atoms with Crippen molar-refractivity contribution in [3.63, 3.8) is 0 Å². The highest BCUT2D eigenvalue weighted by Crippen LogP contribution is 2.26. The predicted molar refractivity (Wildman–Crippen MR) is 73.3 cm³/mol. The van der Waals surface area contributed by atoms with Crippen molar-refractivity contribution >= 4 is 15.9 Å². The highest BCUT2D eigenvalue weighted by atomic mass is 79.9. The standard InChI is InChI=1S/C14H13BrFNO2/c1-9(18)13-5-12(16)2-3-14(13)19-8-10-4-11(15)7-17-6-10/h2-7,9,18H,8H2,1H3/t9-/m0/s1. The average molecular weight is 326 g/mol. The van der Waals surface area contributed by atoms with E-state index in [0.717, 1.165) is 10.0 Å². The van der Waals surface area contributed by atoms with Crippen LogP contribution >= 0.6 is 15.9 Å². The lowest BCUT2D eigenvalue weighted by Gasteiger charge is -2.13. The van der Waals surface area contributed by atoms with Crippen molar-refractivity contribution in [1.29, 1.82) is 0 Å². The van der Waals surface area contributed by atoms with E-state index in [1.165, 1.54) is 18.2 Å². The van der Waals surface area contributed by atoms with Crippen LogP contribution in [0.25, 0.3) is 0 Å². The van der Waals surface area contributed by atoms with E-state index in [4.69, 9.17) is 4.74 Å². The summed E-state index contributed by atoms with van der Waals surface area (Å²) in [5, 5.41) is 9.60. The third-order valence-corrected chi connectivity index (χ3v) is 3.01. The van der Waals surface area contributed by atoms with Gasteiger partial charge in [-0.3, -0.25) is 4.98 Å². The van der Waals surface area contributed by atoms with Crippen LogP contribution in [-0.2, 0) is 6.61 Å². The molecule has 1 atom stereocenters. The number of ether oxygens (including phenoxy) is 1. The zero-order valence-corrected chi connectivity index (χ0v) is 11.9. The van der Waals surface area contributed by atoms with Gasteiger partial charge in [-0.25, -0.2) is 4.39 Å². The normalized spacial score (nSPS) is 12.2. The quantitative estimate of drug-likeness (QED) is 0.933. The summed E-state index contributed by atoms with van der Waals surface area (Å²) >= 11 is 3.33. The molecule has 0 spiro atoms. The Bertz CT molecular complexity index is 575. The number of rotatable bonds is 4. The lowest BCUT2D eigenvalue weighted by molar-refractivity contribution is 0.189. The molecule has 0 aliphatic heterocycles. The van der Waals surface area contributed by atoms with Gasteiger partial charge in [-0.15, -0.1) is 0 Å². The Morgan fingerprint density at radius 3 is 2.84 bits per heavy atom. The molecular formula is C14H13BrFNO2. The fraction of sp³-hybridized carbons (Fsp3) is 0.214. The average Bonchev–Trinajstić information content (AvgIpc) is 2.37. The zero-order valence-electron chi connectivity index (χ0n) is 10.3. The van der Waals surface area contributed by atoms with Crippen LogP contribution in [0.1, 0.15) is 24.2 Å². The van der Waals surface area contributed by atoms with Crippen molar-refractivity contribution in [2.75, 3.05) is 0 Å². The molecule has 0 aliphatic carbocycles. The minimum atomic E-state index is -0.786. The number of benzene rings is 1. The van der Waals surface area contributed by atoms with Gasteiger partial charge in [0.05, 0.1) is 6.10 Å². The Morgan fingerprint density at radius 2 is 2.16 bits per heavy atom. The van der Waals surface area contributed by atoms with Gasteiger partial charge in [-0.1, -0.05) is 0 Å². The van der Waals surface area contributed by atoms with Crippen LogP contribution < -0.4 is 4.74 Å². The van der Waals surface area contributed by atoms with Crippen LogP contribution in [-0.4, -0.2) is 10.1 Å². The Hall–Kier alpha value is -1.46. The molecular weight excluding hydrogens is 313 g/mol. The molecule has 100 valence electrons. The molecule has 1 N–H and O–H groups in total. The van der Waals surface area contributed by atoms with Gasteiger partial charge < -0.3 is 9.84 Å². The van der Waals surface area contributed by atoms with Gasteiger partial charge in [0.25, 0.3) is 0 Å². The summed E-state index contributed by atoms with van der Waals surface area (Å²) in [6, 6.07) is 5.99. The monoisotopic (exact) mass is 325 g/mol. The molecule has 0 bridgehead atoms. The molecule has 0 radical (unpaired) electrons. The van der Waals surface area contributed by atoms with E-state index in [1.807, 2.05) is 6.07 Å². The van der Waals surface area contributed by atoms with Gasteiger partial charge >= 0.3 is 0 Å². The molecule has 0 saturated heterocycles. The van der Waals surface area contributed by atoms with Gasteiger partial charge in [0, 0.05) is 28.0 Å². The summed E-state index contributed by atoms with van der Waals surface area (Å²) in [5.41, 5.74) is 1.32. The number of aliphatic hydroxyl groups is 1. The minimum absolute atomic E-state index is 0.303. The second-order valence-electron chi connectivity index (χ2n) is 4.16. The van der Waals surface area contributed by atoms with Gasteiger partial charge in [0.15, 0.2) is 0 Å². The predicted octanol–water partition coefficient (Wildman–Crippen LogP) is 3.62. The van der Waals surface area contributed by atoms with Crippen LogP contribution in [0.15, 0.2) is 41.1 Å². The first-order valence-corrected chi connectivity index (χ1v) is 6.55. The van der Waals surface area contributed by atoms with Crippen LogP contribution in [0.2, 0.25) is 0 Å². The minimum Gasteiger partial charge on any atom is -0.488 e. The molecule has 1 aromatic heterocycles. The van der Waals surface area contributed by atoms with Gasteiger partial charge in [-0.2, -0.15) is 0 Å². The zero-order chi connectivity index (χ0) is 13.8. The van der Waals surface area contributed by atoms with Crippen LogP contribution in [0, 0.1) is 5.82 Å². The molecule has 3 nitrogen and oxygen atoms in total. The Kier molecular flexibility index (Phi) is 4.50. The van der Waals surface area contributed by atoms with Crippen molar-refractivity contribution in [3.8, 4) is 5.75 Å². The SMILES string of the molecule is C[C@H](O)c1cc(F)ccc1OCc1cncc(Br)c1. The molecule has 2 aromatic rings. The third-order valence-electron chi connectivity index (χ3n) is 2.58.